The van der Waals surface area contributed by atoms with Crippen LogP contribution in [0, 0.1) is 11.7 Å². The normalized spacial score (nSPS) is 14.3. The predicted octanol–water partition coefficient (Wildman–Crippen LogP) is 3.38. The molecule has 1 fully saturated rings. The Kier molecular flexibility index (Phi) is 7.16. The van der Waals surface area contributed by atoms with E-state index in [9.17, 15) is 14.0 Å². The van der Waals surface area contributed by atoms with Crippen molar-refractivity contribution in [3.8, 4) is 0 Å². The van der Waals surface area contributed by atoms with Crippen LogP contribution in [0.3, 0.4) is 0 Å². The SMILES string of the molecule is CC(OCC1CC1)C(=O)N(C)Cc1csc(NC(=O)NCc2cccc(F)c2)n1. The average Bonchev–Trinajstić information content (AvgIpc) is 3.43. The van der Waals surface area contributed by atoms with E-state index < -0.39 is 12.1 Å². The van der Waals surface area contributed by atoms with Crippen LogP contribution >= 0.6 is 11.3 Å². The summed E-state index contributed by atoms with van der Waals surface area (Å²) in [4.78, 5) is 30.3. The zero-order valence-corrected chi connectivity index (χ0v) is 17.3. The molecule has 0 saturated heterocycles. The third kappa shape index (κ3) is 6.79. The maximum atomic E-state index is 13.2. The van der Waals surface area contributed by atoms with Crippen LogP contribution < -0.4 is 10.6 Å². The molecule has 3 amide bonds. The number of ether oxygens (including phenoxy) is 1. The van der Waals surface area contributed by atoms with Gasteiger partial charge in [0.25, 0.3) is 5.91 Å². The second kappa shape index (κ2) is 9.80. The van der Waals surface area contributed by atoms with Crippen molar-refractivity contribution in [3.05, 3.63) is 46.7 Å². The molecule has 0 spiro atoms. The maximum absolute atomic E-state index is 13.2. The fourth-order valence-corrected chi connectivity index (χ4v) is 3.37. The van der Waals surface area contributed by atoms with Gasteiger partial charge in [0.15, 0.2) is 5.13 Å². The van der Waals surface area contributed by atoms with Gasteiger partial charge in [-0.2, -0.15) is 0 Å². The van der Waals surface area contributed by atoms with Gasteiger partial charge in [-0.1, -0.05) is 12.1 Å². The topological polar surface area (TPSA) is 83.6 Å². The van der Waals surface area contributed by atoms with E-state index in [2.05, 4.69) is 15.6 Å². The van der Waals surface area contributed by atoms with E-state index >= 15 is 0 Å². The number of carbonyl (C=O) groups is 2. The first-order valence-electron chi connectivity index (χ1n) is 9.51. The van der Waals surface area contributed by atoms with E-state index in [1.54, 1.807) is 36.4 Å². The van der Waals surface area contributed by atoms with E-state index in [-0.39, 0.29) is 18.3 Å². The summed E-state index contributed by atoms with van der Waals surface area (Å²) in [6.07, 6.45) is 1.88. The second-order valence-corrected chi connectivity index (χ2v) is 8.05. The molecule has 2 N–H and O–H groups in total. The molecule has 29 heavy (non-hydrogen) atoms. The lowest BCUT2D eigenvalue weighted by atomic mass is 10.2. The van der Waals surface area contributed by atoms with Gasteiger partial charge < -0.3 is 15.0 Å². The molecule has 1 aromatic heterocycles. The number of nitrogens with one attached hydrogen (secondary N) is 2. The van der Waals surface area contributed by atoms with Gasteiger partial charge in [0.05, 0.1) is 18.8 Å². The number of hydrogen-bond acceptors (Lipinski definition) is 5. The lowest BCUT2D eigenvalue weighted by Crippen LogP contribution is -2.36. The number of carbonyl (C=O) groups excluding carboxylic acids is 2. The fourth-order valence-electron chi connectivity index (χ4n) is 2.68. The van der Waals surface area contributed by atoms with Crippen molar-refractivity contribution in [2.24, 2.45) is 5.92 Å². The van der Waals surface area contributed by atoms with E-state index in [4.69, 9.17) is 4.74 Å². The molecule has 1 atom stereocenters. The highest BCUT2D eigenvalue weighted by Crippen LogP contribution is 2.29. The predicted molar refractivity (Wildman–Crippen MR) is 109 cm³/mol. The molecule has 3 rings (SSSR count). The number of urea groups is 1. The van der Waals surface area contributed by atoms with Gasteiger partial charge in [-0.25, -0.2) is 14.2 Å². The summed E-state index contributed by atoms with van der Waals surface area (Å²) in [5, 5.41) is 7.52. The van der Waals surface area contributed by atoms with Crippen molar-refractivity contribution >= 4 is 28.4 Å². The average molecular weight is 421 g/mol. The number of rotatable bonds is 9. The first-order chi connectivity index (χ1) is 13.9. The number of amides is 3. The molecule has 156 valence electrons. The number of benzene rings is 1. The minimum absolute atomic E-state index is 0.0963. The number of anilines is 1. The van der Waals surface area contributed by atoms with Crippen LogP contribution in [0.1, 0.15) is 31.0 Å². The molecule has 0 bridgehead atoms. The van der Waals surface area contributed by atoms with Gasteiger partial charge in [-0.15, -0.1) is 11.3 Å². The van der Waals surface area contributed by atoms with Crippen molar-refractivity contribution in [1.29, 1.82) is 0 Å². The zero-order chi connectivity index (χ0) is 20.8. The summed E-state index contributed by atoms with van der Waals surface area (Å²) in [6.45, 7) is 2.94. The van der Waals surface area contributed by atoms with Crippen molar-refractivity contribution in [1.82, 2.24) is 15.2 Å². The van der Waals surface area contributed by atoms with Gasteiger partial charge in [-0.3, -0.25) is 10.1 Å². The van der Waals surface area contributed by atoms with Gasteiger partial charge in [0, 0.05) is 19.0 Å². The molecular weight excluding hydrogens is 395 g/mol. The van der Waals surface area contributed by atoms with Crippen LogP contribution in [0.2, 0.25) is 0 Å². The molecular formula is C20H25FN4O3S. The van der Waals surface area contributed by atoms with Crippen LogP contribution in [0.15, 0.2) is 29.6 Å². The lowest BCUT2D eigenvalue weighted by molar-refractivity contribution is -0.142. The van der Waals surface area contributed by atoms with E-state index in [0.29, 0.717) is 35.5 Å². The summed E-state index contributed by atoms with van der Waals surface area (Å²) in [7, 11) is 1.71. The van der Waals surface area contributed by atoms with Crippen LogP contribution in [0.25, 0.3) is 0 Å². The number of aromatic nitrogens is 1. The molecule has 1 heterocycles. The molecule has 0 aliphatic heterocycles. The Bertz CT molecular complexity index is 856. The molecule has 1 unspecified atom stereocenters. The number of thiazole rings is 1. The van der Waals surface area contributed by atoms with Crippen LogP contribution in [0.5, 0.6) is 0 Å². The Labute approximate surface area is 173 Å². The highest BCUT2D eigenvalue weighted by atomic mass is 32.1. The molecule has 7 nitrogen and oxygen atoms in total. The molecule has 1 aromatic carbocycles. The molecule has 1 aliphatic rings. The highest BCUT2D eigenvalue weighted by molar-refractivity contribution is 7.13. The minimum Gasteiger partial charge on any atom is -0.368 e. The van der Waals surface area contributed by atoms with Crippen molar-refractivity contribution in [3.63, 3.8) is 0 Å². The number of halogens is 1. The Morgan fingerprint density at radius 1 is 1.41 bits per heavy atom. The standard InChI is InChI=1S/C20H25FN4O3S/c1-13(28-11-14-6-7-14)18(26)25(2)10-17-12-29-20(23-17)24-19(27)22-9-15-4-3-5-16(21)8-15/h3-5,8,12-14H,6-7,9-11H2,1-2H3,(H2,22,23,24,27). The minimum atomic E-state index is -0.481. The Hall–Kier alpha value is -2.52. The quantitative estimate of drug-likeness (QED) is 0.652. The number of hydrogen-bond donors (Lipinski definition) is 2. The van der Waals surface area contributed by atoms with Crippen LogP contribution in [0.4, 0.5) is 14.3 Å². The highest BCUT2D eigenvalue weighted by Gasteiger charge is 2.25. The van der Waals surface area contributed by atoms with Gasteiger partial charge in [-0.05, 0) is 43.4 Å². The molecule has 1 saturated carbocycles. The fraction of sp³-hybridized carbons (Fsp3) is 0.450. The molecule has 1 aliphatic carbocycles. The summed E-state index contributed by atoms with van der Waals surface area (Å²) in [5.41, 5.74) is 1.35. The first-order valence-corrected chi connectivity index (χ1v) is 10.4. The van der Waals surface area contributed by atoms with Gasteiger partial charge >= 0.3 is 6.03 Å². The number of nitrogens with zero attached hydrogens (tertiary/aromatic N) is 2. The van der Waals surface area contributed by atoms with Gasteiger partial charge in [0.2, 0.25) is 0 Å². The monoisotopic (exact) mass is 420 g/mol. The van der Waals surface area contributed by atoms with Crippen molar-refractivity contribution in [2.75, 3.05) is 19.0 Å². The largest absolute Gasteiger partial charge is 0.368 e. The molecule has 2 aromatic rings. The van der Waals surface area contributed by atoms with Crippen LogP contribution in [-0.2, 0) is 22.6 Å². The van der Waals surface area contributed by atoms with Gasteiger partial charge in [0.1, 0.15) is 11.9 Å². The third-order valence-corrected chi connectivity index (χ3v) is 5.32. The van der Waals surface area contributed by atoms with Crippen molar-refractivity contribution < 1.29 is 18.7 Å². The van der Waals surface area contributed by atoms with E-state index in [1.807, 2.05) is 0 Å². The maximum Gasteiger partial charge on any atom is 0.321 e. The summed E-state index contributed by atoms with van der Waals surface area (Å²) < 4.78 is 18.8. The van der Waals surface area contributed by atoms with E-state index in [0.717, 1.165) is 0 Å². The van der Waals surface area contributed by atoms with E-state index in [1.165, 1.54) is 36.3 Å². The Morgan fingerprint density at radius 2 is 2.21 bits per heavy atom. The Balaban J connectivity index is 1.43. The van der Waals surface area contributed by atoms with Crippen molar-refractivity contribution in [2.45, 2.75) is 39.0 Å². The number of likely N-dealkylation sites (N-methyl/N-ethyl adjacent to an activating group) is 1. The second-order valence-electron chi connectivity index (χ2n) is 7.19. The molecule has 0 radical (unpaired) electrons. The molecule has 9 heteroatoms. The smallest absolute Gasteiger partial charge is 0.321 e. The third-order valence-electron chi connectivity index (χ3n) is 4.52. The zero-order valence-electron chi connectivity index (χ0n) is 16.5. The Morgan fingerprint density at radius 3 is 2.93 bits per heavy atom. The lowest BCUT2D eigenvalue weighted by Gasteiger charge is -2.20. The van der Waals surface area contributed by atoms with Crippen LogP contribution in [-0.4, -0.2) is 41.6 Å². The summed E-state index contributed by atoms with van der Waals surface area (Å²) >= 11 is 1.27. The summed E-state index contributed by atoms with van der Waals surface area (Å²) in [6, 6.07) is 5.61. The summed E-state index contributed by atoms with van der Waals surface area (Å²) in [5.74, 6) is 0.163. The first kappa shape index (κ1) is 21.2.